The third kappa shape index (κ3) is 4.14. The van der Waals surface area contributed by atoms with Crippen molar-refractivity contribution in [1.29, 1.82) is 0 Å². The van der Waals surface area contributed by atoms with E-state index >= 15 is 0 Å². The Hall–Kier alpha value is -1.89. The SMILES string of the molecule is Cc1cccc(-n2nnnc2SCC(=O)N(CC(C)C)C2CC2)c1. The molecule has 1 aromatic carbocycles. The molecule has 1 heterocycles. The Morgan fingerprint density at radius 3 is 2.88 bits per heavy atom. The van der Waals surface area contributed by atoms with Gasteiger partial charge >= 0.3 is 0 Å². The maximum absolute atomic E-state index is 12.6. The molecule has 2 aromatic rings. The number of tetrazole rings is 1. The van der Waals surface area contributed by atoms with Gasteiger partial charge in [0.05, 0.1) is 11.4 Å². The molecule has 0 saturated heterocycles. The number of hydrogen-bond acceptors (Lipinski definition) is 5. The van der Waals surface area contributed by atoms with E-state index in [1.54, 1.807) is 4.68 Å². The highest BCUT2D eigenvalue weighted by Crippen LogP contribution is 2.29. The molecule has 0 aliphatic heterocycles. The highest BCUT2D eigenvalue weighted by atomic mass is 32.2. The quantitative estimate of drug-likeness (QED) is 0.722. The van der Waals surface area contributed by atoms with Gasteiger partial charge in [0, 0.05) is 12.6 Å². The van der Waals surface area contributed by atoms with Crippen molar-refractivity contribution < 1.29 is 4.79 Å². The topological polar surface area (TPSA) is 63.9 Å². The Morgan fingerprint density at radius 2 is 2.21 bits per heavy atom. The summed E-state index contributed by atoms with van der Waals surface area (Å²) in [6, 6.07) is 8.43. The van der Waals surface area contributed by atoms with Crippen LogP contribution < -0.4 is 0 Å². The predicted molar refractivity (Wildman–Crippen MR) is 94.2 cm³/mol. The molecular weight excluding hydrogens is 322 g/mol. The van der Waals surface area contributed by atoms with Crippen molar-refractivity contribution in [2.75, 3.05) is 12.3 Å². The molecule has 7 heteroatoms. The van der Waals surface area contributed by atoms with Gasteiger partial charge in [-0.1, -0.05) is 37.7 Å². The summed E-state index contributed by atoms with van der Waals surface area (Å²) >= 11 is 1.40. The van der Waals surface area contributed by atoms with E-state index in [4.69, 9.17) is 0 Å². The average molecular weight is 345 g/mol. The van der Waals surface area contributed by atoms with Gasteiger partial charge in [-0.25, -0.2) is 0 Å². The second-order valence-electron chi connectivity index (χ2n) is 6.67. The minimum absolute atomic E-state index is 0.176. The zero-order valence-electron chi connectivity index (χ0n) is 14.3. The summed E-state index contributed by atoms with van der Waals surface area (Å²) in [5, 5.41) is 12.5. The van der Waals surface area contributed by atoms with Crippen LogP contribution in [-0.2, 0) is 4.79 Å². The van der Waals surface area contributed by atoms with Crippen LogP contribution >= 0.6 is 11.8 Å². The number of nitrogens with zero attached hydrogens (tertiary/aromatic N) is 5. The molecule has 1 saturated carbocycles. The Kier molecular flexibility index (Phi) is 5.18. The number of aromatic nitrogens is 4. The Bertz CT molecular complexity index is 711. The maximum Gasteiger partial charge on any atom is 0.233 e. The number of hydrogen-bond donors (Lipinski definition) is 0. The molecule has 0 atom stereocenters. The summed E-state index contributed by atoms with van der Waals surface area (Å²) in [5.74, 6) is 1.03. The minimum Gasteiger partial charge on any atom is -0.339 e. The van der Waals surface area contributed by atoms with Crippen LogP contribution in [0.5, 0.6) is 0 Å². The summed E-state index contributed by atoms with van der Waals surface area (Å²) in [4.78, 5) is 14.6. The highest BCUT2D eigenvalue weighted by molar-refractivity contribution is 7.99. The minimum atomic E-state index is 0.176. The van der Waals surface area contributed by atoms with E-state index in [1.807, 2.05) is 36.1 Å². The van der Waals surface area contributed by atoms with Crippen molar-refractivity contribution in [3.63, 3.8) is 0 Å². The summed E-state index contributed by atoms with van der Waals surface area (Å²) in [6.07, 6.45) is 2.26. The Labute approximate surface area is 146 Å². The molecule has 0 N–H and O–H groups in total. The van der Waals surface area contributed by atoms with E-state index in [9.17, 15) is 4.79 Å². The lowest BCUT2D eigenvalue weighted by Crippen LogP contribution is -2.37. The number of aryl methyl sites for hydroxylation is 1. The molecular formula is C17H23N5OS. The van der Waals surface area contributed by atoms with Crippen molar-refractivity contribution >= 4 is 17.7 Å². The van der Waals surface area contributed by atoms with Crippen LogP contribution in [0.25, 0.3) is 5.69 Å². The molecule has 1 aliphatic rings. The van der Waals surface area contributed by atoms with Crippen LogP contribution in [0, 0.1) is 12.8 Å². The van der Waals surface area contributed by atoms with Crippen LogP contribution in [0.1, 0.15) is 32.3 Å². The lowest BCUT2D eigenvalue weighted by atomic mass is 10.2. The number of carbonyl (C=O) groups excluding carboxylic acids is 1. The van der Waals surface area contributed by atoms with Gasteiger partial charge in [0.2, 0.25) is 11.1 Å². The van der Waals surface area contributed by atoms with Gasteiger partial charge in [-0.2, -0.15) is 4.68 Å². The third-order valence-corrected chi connectivity index (χ3v) is 4.79. The average Bonchev–Trinajstić information content (AvgIpc) is 3.27. The normalized spacial score (nSPS) is 14.2. The van der Waals surface area contributed by atoms with Crippen LogP contribution in [-0.4, -0.2) is 49.4 Å². The molecule has 1 amide bonds. The van der Waals surface area contributed by atoms with Gasteiger partial charge in [0.15, 0.2) is 0 Å². The fourth-order valence-corrected chi connectivity index (χ4v) is 3.41. The first-order valence-electron chi connectivity index (χ1n) is 8.32. The number of amides is 1. The standard InChI is InChI=1S/C17H23N5OS/c1-12(2)10-21(14-7-8-14)16(23)11-24-17-18-19-20-22(17)15-6-4-5-13(3)9-15/h4-6,9,12,14H,7-8,10-11H2,1-3H3. The predicted octanol–water partition coefficient (Wildman–Crippen LogP) is 2.71. The first kappa shape index (κ1) is 17.0. The lowest BCUT2D eigenvalue weighted by Gasteiger charge is -2.24. The second-order valence-corrected chi connectivity index (χ2v) is 7.61. The van der Waals surface area contributed by atoms with Gasteiger partial charge in [-0.15, -0.1) is 5.10 Å². The summed E-state index contributed by atoms with van der Waals surface area (Å²) in [7, 11) is 0. The molecule has 0 bridgehead atoms. The Balaban J connectivity index is 1.67. The van der Waals surface area contributed by atoms with Gasteiger partial charge in [-0.3, -0.25) is 4.79 Å². The molecule has 0 radical (unpaired) electrons. The van der Waals surface area contributed by atoms with Crippen LogP contribution in [0.2, 0.25) is 0 Å². The zero-order valence-corrected chi connectivity index (χ0v) is 15.2. The molecule has 1 aromatic heterocycles. The first-order chi connectivity index (χ1) is 11.5. The van der Waals surface area contributed by atoms with Crippen molar-refractivity contribution in [2.24, 2.45) is 5.92 Å². The van der Waals surface area contributed by atoms with E-state index in [0.717, 1.165) is 30.6 Å². The number of benzene rings is 1. The number of thioether (sulfide) groups is 1. The van der Waals surface area contributed by atoms with Crippen molar-refractivity contribution in [2.45, 2.75) is 44.8 Å². The van der Waals surface area contributed by atoms with Crippen molar-refractivity contribution in [3.8, 4) is 5.69 Å². The van der Waals surface area contributed by atoms with Gasteiger partial charge in [0.1, 0.15) is 0 Å². The third-order valence-electron chi connectivity index (χ3n) is 3.88. The largest absolute Gasteiger partial charge is 0.339 e. The molecule has 1 aliphatic carbocycles. The molecule has 128 valence electrons. The first-order valence-corrected chi connectivity index (χ1v) is 9.31. The molecule has 0 unspecified atom stereocenters. The van der Waals surface area contributed by atoms with Gasteiger partial charge < -0.3 is 4.90 Å². The van der Waals surface area contributed by atoms with E-state index in [0.29, 0.717) is 22.9 Å². The lowest BCUT2D eigenvalue weighted by molar-refractivity contribution is -0.129. The molecule has 0 spiro atoms. The van der Waals surface area contributed by atoms with E-state index in [-0.39, 0.29) is 5.91 Å². The van der Waals surface area contributed by atoms with E-state index < -0.39 is 0 Å². The van der Waals surface area contributed by atoms with Crippen molar-refractivity contribution in [3.05, 3.63) is 29.8 Å². The molecule has 24 heavy (non-hydrogen) atoms. The van der Waals surface area contributed by atoms with Gasteiger partial charge in [-0.05, 0) is 53.8 Å². The molecule has 6 nitrogen and oxygen atoms in total. The van der Waals surface area contributed by atoms with Crippen molar-refractivity contribution in [1.82, 2.24) is 25.1 Å². The maximum atomic E-state index is 12.6. The van der Waals surface area contributed by atoms with E-state index in [2.05, 4.69) is 29.4 Å². The summed E-state index contributed by atoms with van der Waals surface area (Å²) in [6.45, 7) is 7.15. The fraction of sp³-hybridized carbons (Fsp3) is 0.529. The molecule has 1 fully saturated rings. The fourth-order valence-electron chi connectivity index (χ4n) is 2.63. The summed E-state index contributed by atoms with van der Waals surface area (Å²) in [5.41, 5.74) is 2.06. The monoisotopic (exact) mass is 345 g/mol. The highest BCUT2D eigenvalue weighted by Gasteiger charge is 2.32. The molecule has 3 rings (SSSR count). The van der Waals surface area contributed by atoms with Crippen LogP contribution in [0.15, 0.2) is 29.4 Å². The van der Waals surface area contributed by atoms with Crippen LogP contribution in [0.3, 0.4) is 0 Å². The smallest absolute Gasteiger partial charge is 0.233 e. The zero-order chi connectivity index (χ0) is 17.1. The number of rotatable bonds is 7. The van der Waals surface area contributed by atoms with E-state index in [1.165, 1.54) is 11.8 Å². The number of carbonyl (C=O) groups is 1. The summed E-state index contributed by atoms with van der Waals surface area (Å²) < 4.78 is 1.69. The Morgan fingerprint density at radius 1 is 1.42 bits per heavy atom. The van der Waals surface area contributed by atoms with Crippen LogP contribution in [0.4, 0.5) is 0 Å². The van der Waals surface area contributed by atoms with Gasteiger partial charge in [0.25, 0.3) is 0 Å². The second kappa shape index (κ2) is 7.34.